The molecule has 0 radical (unpaired) electrons. The molecule has 0 aliphatic rings. The first kappa shape index (κ1) is 14.8. The molecule has 1 N–H and O–H groups in total. The summed E-state index contributed by atoms with van der Waals surface area (Å²) < 4.78 is 7.31. The fraction of sp³-hybridized carbons (Fsp3) is 0. The van der Waals surface area contributed by atoms with E-state index in [2.05, 4.69) is 65.6 Å². The van der Waals surface area contributed by atoms with Crippen LogP contribution in [0.5, 0.6) is 0 Å². The van der Waals surface area contributed by atoms with Gasteiger partial charge in [-0.05, 0) is 58.8 Å². The Kier molecular flexibility index (Phi) is 3.07. The van der Waals surface area contributed by atoms with Gasteiger partial charge in [-0.1, -0.05) is 36.4 Å². The van der Waals surface area contributed by atoms with E-state index in [1.54, 1.807) is 0 Å². The fourth-order valence-electron chi connectivity index (χ4n) is 3.66. The van der Waals surface area contributed by atoms with E-state index in [4.69, 9.17) is 4.42 Å². The van der Waals surface area contributed by atoms with Gasteiger partial charge in [-0.15, -0.1) is 11.3 Å². The highest BCUT2D eigenvalue weighted by atomic mass is 32.1. The van der Waals surface area contributed by atoms with Gasteiger partial charge in [0.15, 0.2) is 0 Å². The van der Waals surface area contributed by atoms with Crippen LogP contribution in [0.4, 0.5) is 0 Å². The molecule has 3 heteroatoms. The zero-order valence-electron chi connectivity index (χ0n) is 14.4. The van der Waals surface area contributed by atoms with Crippen molar-refractivity contribution in [3.8, 4) is 21.8 Å². The Morgan fingerprint density at radius 1 is 0.704 bits per heavy atom. The molecule has 0 fully saturated rings. The molecule has 6 aromatic rings. The van der Waals surface area contributed by atoms with Crippen LogP contribution in [0.1, 0.15) is 0 Å². The van der Waals surface area contributed by atoms with Crippen molar-refractivity contribution in [3.05, 3.63) is 85.1 Å². The first-order valence-electron chi connectivity index (χ1n) is 8.94. The minimum absolute atomic E-state index is 0.918. The van der Waals surface area contributed by atoms with Crippen LogP contribution in [-0.2, 0) is 0 Å². The quantitative estimate of drug-likeness (QED) is 0.339. The first-order chi connectivity index (χ1) is 13.3. The van der Waals surface area contributed by atoms with Gasteiger partial charge in [0, 0.05) is 32.2 Å². The van der Waals surface area contributed by atoms with Gasteiger partial charge in [0.2, 0.25) is 0 Å². The van der Waals surface area contributed by atoms with Crippen LogP contribution in [0.15, 0.2) is 89.5 Å². The average molecular weight is 365 g/mol. The molecule has 27 heavy (non-hydrogen) atoms. The third-order valence-corrected chi connectivity index (χ3v) is 6.21. The van der Waals surface area contributed by atoms with Crippen LogP contribution < -0.4 is 0 Å². The Morgan fingerprint density at radius 2 is 1.63 bits per heavy atom. The summed E-state index contributed by atoms with van der Waals surface area (Å²) >= 11 is 1.83. The molecule has 0 bridgehead atoms. The molecule has 0 atom stereocenters. The molecule has 0 unspecified atom stereocenters. The summed E-state index contributed by atoms with van der Waals surface area (Å²) in [4.78, 5) is 4.54. The topological polar surface area (TPSA) is 28.9 Å². The minimum atomic E-state index is 0.918. The number of thiophene rings is 1. The van der Waals surface area contributed by atoms with Gasteiger partial charge in [0.1, 0.15) is 11.3 Å². The summed E-state index contributed by atoms with van der Waals surface area (Å²) in [5.74, 6) is 0.918. The molecule has 3 aromatic carbocycles. The number of H-pyrrole nitrogens is 1. The van der Waals surface area contributed by atoms with E-state index in [-0.39, 0.29) is 0 Å². The Bertz CT molecular complexity index is 1400. The van der Waals surface area contributed by atoms with Crippen molar-refractivity contribution < 1.29 is 4.42 Å². The number of furan rings is 1. The van der Waals surface area contributed by atoms with E-state index in [1.807, 2.05) is 35.7 Å². The lowest BCUT2D eigenvalue weighted by molar-refractivity contribution is 0.631. The molecule has 0 spiro atoms. The van der Waals surface area contributed by atoms with Crippen molar-refractivity contribution in [2.24, 2.45) is 0 Å². The lowest BCUT2D eigenvalue weighted by atomic mass is 10.1. The maximum atomic E-state index is 6.03. The zero-order chi connectivity index (χ0) is 17.8. The zero-order valence-corrected chi connectivity index (χ0v) is 15.2. The van der Waals surface area contributed by atoms with Crippen LogP contribution in [-0.4, -0.2) is 4.98 Å². The molecule has 0 saturated carbocycles. The summed E-state index contributed by atoms with van der Waals surface area (Å²) in [5.41, 5.74) is 4.48. The fourth-order valence-corrected chi connectivity index (χ4v) is 4.76. The van der Waals surface area contributed by atoms with Gasteiger partial charge in [-0.3, -0.25) is 0 Å². The molecular formula is C24H15NOS. The molecule has 3 aromatic heterocycles. The summed E-state index contributed by atoms with van der Waals surface area (Å²) in [6.45, 7) is 0. The van der Waals surface area contributed by atoms with Gasteiger partial charge < -0.3 is 9.40 Å². The Balaban J connectivity index is 1.46. The first-order valence-corrected chi connectivity index (χ1v) is 9.75. The van der Waals surface area contributed by atoms with Crippen LogP contribution in [0.2, 0.25) is 0 Å². The molecule has 0 aliphatic carbocycles. The second-order valence-corrected chi connectivity index (χ2v) is 7.88. The lowest BCUT2D eigenvalue weighted by Crippen LogP contribution is -1.72. The van der Waals surface area contributed by atoms with Crippen molar-refractivity contribution in [3.63, 3.8) is 0 Å². The number of aromatic amines is 1. The Morgan fingerprint density at radius 3 is 2.59 bits per heavy atom. The van der Waals surface area contributed by atoms with Crippen LogP contribution in [0.3, 0.4) is 0 Å². The number of para-hydroxylation sites is 1. The predicted octanol–water partition coefficient (Wildman–Crippen LogP) is 7.46. The SMILES string of the molecule is c1ccc2oc(-c3ccc4cc(-c5ccc6[nH]ccc6c5)sc4c3)cc2c1. The van der Waals surface area contributed by atoms with E-state index in [1.165, 1.54) is 31.4 Å². The molecule has 2 nitrogen and oxygen atoms in total. The van der Waals surface area contributed by atoms with Crippen molar-refractivity contribution in [1.82, 2.24) is 4.98 Å². The number of benzene rings is 3. The van der Waals surface area contributed by atoms with Gasteiger partial charge in [0.25, 0.3) is 0 Å². The van der Waals surface area contributed by atoms with E-state index < -0.39 is 0 Å². The van der Waals surface area contributed by atoms with Crippen LogP contribution >= 0.6 is 11.3 Å². The largest absolute Gasteiger partial charge is 0.456 e. The molecule has 0 amide bonds. The highest BCUT2D eigenvalue weighted by molar-refractivity contribution is 7.22. The van der Waals surface area contributed by atoms with Gasteiger partial charge >= 0.3 is 0 Å². The lowest BCUT2D eigenvalue weighted by Gasteiger charge is -1.97. The third kappa shape index (κ3) is 2.40. The summed E-state index contributed by atoms with van der Waals surface area (Å²) in [7, 11) is 0. The Hall–Kier alpha value is -3.30. The predicted molar refractivity (Wildman–Crippen MR) is 114 cm³/mol. The van der Waals surface area contributed by atoms with Gasteiger partial charge in [-0.2, -0.15) is 0 Å². The number of nitrogens with one attached hydrogen (secondary N) is 1. The second kappa shape index (κ2) is 5.60. The summed E-state index contributed by atoms with van der Waals surface area (Å²) in [5, 5.41) is 3.65. The van der Waals surface area contributed by atoms with Crippen molar-refractivity contribution in [2.75, 3.05) is 0 Å². The smallest absolute Gasteiger partial charge is 0.135 e. The van der Waals surface area contributed by atoms with Crippen molar-refractivity contribution in [1.29, 1.82) is 0 Å². The maximum absolute atomic E-state index is 6.03. The summed E-state index contributed by atoms with van der Waals surface area (Å²) in [6, 6.07) is 27.8. The number of rotatable bonds is 2. The van der Waals surface area contributed by atoms with Crippen molar-refractivity contribution in [2.45, 2.75) is 0 Å². The molecule has 0 aliphatic heterocycles. The van der Waals surface area contributed by atoms with Crippen molar-refractivity contribution >= 4 is 43.3 Å². The number of hydrogen-bond acceptors (Lipinski definition) is 2. The minimum Gasteiger partial charge on any atom is -0.456 e. The molecule has 128 valence electrons. The van der Waals surface area contributed by atoms with E-state index >= 15 is 0 Å². The normalized spacial score (nSPS) is 11.7. The monoisotopic (exact) mass is 365 g/mol. The van der Waals surface area contributed by atoms with Crippen LogP contribution in [0.25, 0.3) is 53.7 Å². The van der Waals surface area contributed by atoms with E-state index in [9.17, 15) is 0 Å². The standard InChI is InChI=1S/C24H15NOS/c1-2-4-21-16(3-1)12-22(26-21)17-5-6-19-14-24(27-23(19)13-17)18-7-8-20-15(11-18)9-10-25-20/h1-14,25H. The van der Waals surface area contributed by atoms with Gasteiger partial charge in [-0.25, -0.2) is 0 Å². The van der Waals surface area contributed by atoms with Crippen LogP contribution in [0, 0.1) is 0 Å². The Labute approximate surface area is 159 Å². The maximum Gasteiger partial charge on any atom is 0.135 e. The molecular weight excluding hydrogens is 350 g/mol. The van der Waals surface area contributed by atoms with E-state index in [0.717, 1.165) is 22.3 Å². The summed E-state index contributed by atoms with van der Waals surface area (Å²) in [6.07, 6.45) is 1.99. The number of aromatic nitrogens is 1. The highest BCUT2D eigenvalue weighted by Crippen LogP contribution is 2.37. The molecule has 3 heterocycles. The second-order valence-electron chi connectivity index (χ2n) is 6.79. The average Bonchev–Trinajstić information content (AvgIpc) is 3.42. The number of fused-ring (bicyclic) bond motifs is 3. The molecule has 0 saturated heterocycles. The number of hydrogen-bond donors (Lipinski definition) is 1. The van der Waals surface area contributed by atoms with E-state index in [0.29, 0.717) is 0 Å². The highest BCUT2D eigenvalue weighted by Gasteiger charge is 2.10. The van der Waals surface area contributed by atoms with Gasteiger partial charge in [0.05, 0.1) is 0 Å². The molecule has 6 rings (SSSR count). The third-order valence-electron chi connectivity index (χ3n) is 5.07.